The molecule has 17 heavy (non-hydrogen) atoms. The number of nitrogens with zero attached hydrogens (tertiary/aromatic N) is 1. The molecule has 5 heteroatoms. The molecule has 1 aromatic rings. The average molecular weight is 237 g/mol. The first-order valence-electron chi connectivity index (χ1n) is 5.53. The van der Waals surface area contributed by atoms with Crippen LogP contribution in [0.5, 0.6) is 5.75 Å². The van der Waals surface area contributed by atoms with E-state index < -0.39 is 6.09 Å². The molecule has 2 N–H and O–H groups in total. The number of rotatable bonds is 4. The molecule has 0 saturated carbocycles. The summed E-state index contributed by atoms with van der Waals surface area (Å²) in [5, 5.41) is 18.6. The van der Waals surface area contributed by atoms with Crippen LogP contribution in [-0.4, -0.2) is 40.5 Å². The van der Waals surface area contributed by atoms with E-state index in [0.29, 0.717) is 25.1 Å². The van der Waals surface area contributed by atoms with Crippen molar-refractivity contribution < 1.29 is 19.7 Å². The molecule has 92 valence electrons. The number of aliphatic hydroxyl groups excluding tert-OH is 1. The van der Waals surface area contributed by atoms with Gasteiger partial charge in [-0.15, -0.1) is 0 Å². The van der Waals surface area contributed by atoms with Crippen molar-refractivity contribution in [1.82, 2.24) is 4.90 Å². The minimum atomic E-state index is -0.397. The lowest BCUT2D eigenvalue weighted by Crippen LogP contribution is -2.33. The fraction of sp³-hybridized carbons (Fsp3) is 0.417. The van der Waals surface area contributed by atoms with Gasteiger partial charge in [0.1, 0.15) is 12.4 Å². The van der Waals surface area contributed by atoms with Gasteiger partial charge >= 0.3 is 6.09 Å². The molecule has 1 saturated heterocycles. The van der Waals surface area contributed by atoms with Gasteiger partial charge in [0.25, 0.3) is 0 Å². The maximum Gasteiger partial charge on any atom is 0.410 e. The summed E-state index contributed by atoms with van der Waals surface area (Å²) in [5.74, 6) is 0.162. The second-order valence-electron chi connectivity index (χ2n) is 4.00. The average Bonchev–Trinajstić information content (AvgIpc) is 2.65. The summed E-state index contributed by atoms with van der Waals surface area (Å²) in [7, 11) is 0. The molecule has 0 aromatic heterocycles. The highest BCUT2D eigenvalue weighted by atomic mass is 16.6. The Labute approximate surface area is 99.2 Å². The molecule has 0 bridgehead atoms. The number of para-hydroxylation sites is 1. The summed E-state index contributed by atoms with van der Waals surface area (Å²) in [6.45, 7) is 0.613. The SMILES string of the molecule is O=C1OCC(CCO)N1Cc1ccccc1O. The third-order valence-corrected chi connectivity index (χ3v) is 2.87. The van der Waals surface area contributed by atoms with Crippen molar-refractivity contribution in [3.05, 3.63) is 29.8 Å². The van der Waals surface area contributed by atoms with Crippen LogP contribution in [0, 0.1) is 0 Å². The highest BCUT2D eigenvalue weighted by Crippen LogP contribution is 2.23. The summed E-state index contributed by atoms with van der Waals surface area (Å²) < 4.78 is 4.94. The Kier molecular flexibility index (Phi) is 3.49. The van der Waals surface area contributed by atoms with Crippen LogP contribution in [0.25, 0.3) is 0 Å². The molecule has 1 aliphatic rings. The van der Waals surface area contributed by atoms with Crippen LogP contribution in [-0.2, 0) is 11.3 Å². The predicted octanol–water partition coefficient (Wildman–Crippen LogP) is 1.10. The van der Waals surface area contributed by atoms with Gasteiger partial charge < -0.3 is 14.9 Å². The van der Waals surface area contributed by atoms with Crippen molar-refractivity contribution in [2.45, 2.75) is 19.0 Å². The van der Waals surface area contributed by atoms with Gasteiger partial charge in [-0.05, 0) is 12.5 Å². The largest absolute Gasteiger partial charge is 0.508 e. The lowest BCUT2D eigenvalue weighted by molar-refractivity contribution is 0.155. The summed E-state index contributed by atoms with van der Waals surface area (Å²) >= 11 is 0. The fourth-order valence-electron chi connectivity index (χ4n) is 1.90. The second-order valence-corrected chi connectivity index (χ2v) is 4.00. The Bertz CT molecular complexity index is 407. The maximum absolute atomic E-state index is 11.5. The number of cyclic esters (lactones) is 1. The molecule has 1 amide bonds. The normalized spacial score (nSPS) is 19.5. The molecule has 0 radical (unpaired) electrons. The Hall–Kier alpha value is -1.75. The quantitative estimate of drug-likeness (QED) is 0.822. The number of phenolic OH excluding ortho intramolecular Hbond substituents is 1. The van der Waals surface area contributed by atoms with Gasteiger partial charge in [0.15, 0.2) is 0 Å². The van der Waals surface area contributed by atoms with Gasteiger partial charge in [-0.25, -0.2) is 4.79 Å². The highest BCUT2D eigenvalue weighted by Gasteiger charge is 2.32. The van der Waals surface area contributed by atoms with E-state index in [1.807, 2.05) is 0 Å². The highest BCUT2D eigenvalue weighted by molar-refractivity contribution is 5.70. The topological polar surface area (TPSA) is 70.0 Å². The van der Waals surface area contributed by atoms with Crippen LogP contribution in [0.2, 0.25) is 0 Å². The molecule has 2 rings (SSSR count). The van der Waals surface area contributed by atoms with Crippen molar-refractivity contribution in [3.63, 3.8) is 0 Å². The number of ether oxygens (including phenoxy) is 1. The van der Waals surface area contributed by atoms with E-state index in [1.54, 1.807) is 24.3 Å². The summed E-state index contributed by atoms with van der Waals surface area (Å²) in [4.78, 5) is 13.0. The maximum atomic E-state index is 11.5. The Balaban J connectivity index is 2.11. The molecule has 1 aliphatic heterocycles. The zero-order valence-corrected chi connectivity index (χ0v) is 9.37. The van der Waals surface area contributed by atoms with Crippen LogP contribution in [0.15, 0.2) is 24.3 Å². The van der Waals surface area contributed by atoms with Gasteiger partial charge in [-0.1, -0.05) is 18.2 Å². The van der Waals surface area contributed by atoms with Crippen molar-refractivity contribution in [1.29, 1.82) is 0 Å². The Morgan fingerprint density at radius 2 is 2.18 bits per heavy atom. The molecule has 1 aromatic carbocycles. The molecule has 1 atom stereocenters. The number of carbonyl (C=O) groups is 1. The van der Waals surface area contributed by atoms with Crippen LogP contribution in [0.3, 0.4) is 0 Å². The third-order valence-electron chi connectivity index (χ3n) is 2.87. The van der Waals surface area contributed by atoms with E-state index in [-0.39, 0.29) is 18.4 Å². The molecular weight excluding hydrogens is 222 g/mol. The van der Waals surface area contributed by atoms with E-state index >= 15 is 0 Å². The van der Waals surface area contributed by atoms with Crippen molar-refractivity contribution in [3.8, 4) is 5.75 Å². The van der Waals surface area contributed by atoms with E-state index in [9.17, 15) is 9.90 Å². The first-order valence-corrected chi connectivity index (χ1v) is 5.53. The number of hydrogen-bond donors (Lipinski definition) is 2. The smallest absolute Gasteiger partial charge is 0.410 e. The molecule has 5 nitrogen and oxygen atoms in total. The van der Waals surface area contributed by atoms with Gasteiger partial charge in [-0.2, -0.15) is 0 Å². The second kappa shape index (κ2) is 5.05. The van der Waals surface area contributed by atoms with E-state index in [0.717, 1.165) is 0 Å². The van der Waals surface area contributed by atoms with Crippen LogP contribution >= 0.6 is 0 Å². The number of benzene rings is 1. The van der Waals surface area contributed by atoms with Gasteiger partial charge in [0.2, 0.25) is 0 Å². The number of phenols is 1. The Morgan fingerprint density at radius 3 is 2.88 bits per heavy atom. The molecule has 0 spiro atoms. The lowest BCUT2D eigenvalue weighted by atomic mass is 10.1. The minimum absolute atomic E-state index is 0.0125. The first kappa shape index (κ1) is 11.7. The number of aliphatic hydroxyl groups is 1. The molecular formula is C12H15NO4. The van der Waals surface area contributed by atoms with Gasteiger partial charge in [-0.3, -0.25) is 4.90 Å². The number of hydrogen-bond acceptors (Lipinski definition) is 4. The standard InChI is InChI=1S/C12H15NO4/c14-6-5-10-8-17-12(16)13(10)7-9-3-1-2-4-11(9)15/h1-4,10,14-15H,5-8H2. The molecule has 1 unspecified atom stereocenters. The third kappa shape index (κ3) is 2.50. The zero-order chi connectivity index (χ0) is 12.3. The fourth-order valence-corrected chi connectivity index (χ4v) is 1.90. The van der Waals surface area contributed by atoms with Crippen molar-refractivity contribution in [2.24, 2.45) is 0 Å². The predicted molar refractivity (Wildman–Crippen MR) is 60.5 cm³/mol. The van der Waals surface area contributed by atoms with E-state index in [4.69, 9.17) is 9.84 Å². The number of amides is 1. The van der Waals surface area contributed by atoms with Crippen molar-refractivity contribution >= 4 is 6.09 Å². The van der Waals surface area contributed by atoms with Crippen LogP contribution in [0.4, 0.5) is 4.79 Å². The van der Waals surface area contributed by atoms with Crippen molar-refractivity contribution in [2.75, 3.05) is 13.2 Å². The van der Waals surface area contributed by atoms with Gasteiger partial charge in [0, 0.05) is 12.2 Å². The van der Waals surface area contributed by atoms with Crippen LogP contribution < -0.4 is 0 Å². The van der Waals surface area contributed by atoms with E-state index in [1.165, 1.54) is 4.90 Å². The molecule has 0 aliphatic carbocycles. The summed E-state index contributed by atoms with van der Waals surface area (Å²) in [6, 6.07) is 6.76. The Morgan fingerprint density at radius 1 is 1.41 bits per heavy atom. The molecule has 1 fully saturated rings. The van der Waals surface area contributed by atoms with Gasteiger partial charge in [0.05, 0.1) is 12.6 Å². The lowest BCUT2D eigenvalue weighted by Gasteiger charge is -2.21. The minimum Gasteiger partial charge on any atom is -0.508 e. The zero-order valence-electron chi connectivity index (χ0n) is 9.37. The first-order chi connectivity index (χ1) is 8.22. The van der Waals surface area contributed by atoms with Crippen LogP contribution in [0.1, 0.15) is 12.0 Å². The monoisotopic (exact) mass is 237 g/mol. The number of aromatic hydroxyl groups is 1. The molecule has 1 heterocycles. The number of carbonyl (C=O) groups excluding carboxylic acids is 1. The summed E-state index contributed by atoms with van der Waals surface area (Å²) in [5.41, 5.74) is 0.675. The van der Waals surface area contributed by atoms with E-state index in [2.05, 4.69) is 0 Å². The summed E-state index contributed by atoms with van der Waals surface area (Å²) in [6.07, 6.45) is 0.0889.